The minimum atomic E-state index is -1.06. The number of ether oxygens (including phenoxy) is 1. The molecule has 1 aliphatic heterocycles. The Morgan fingerprint density at radius 1 is 1.30 bits per heavy atom. The predicted molar refractivity (Wildman–Crippen MR) is 107 cm³/mol. The lowest BCUT2D eigenvalue weighted by molar-refractivity contribution is -0.150. The van der Waals surface area contributed by atoms with Crippen molar-refractivity contribution < 1.29 is 14.3 Å². The Morgan fingerprint density at radius 3 is 2.67 bits per heavy atom. The molecular formula is C21H26N2O3S. The summed E-state index contributed by atoms with van der Waals surface area (Å²) in [5, 5.41) is 13.2. The third-order valence-electron chi connectivity index (χ3n) is 4.75. The molecule has 144 valence electrons. The Hall–Kier alpha value is -2.26. The Bertz CT molecular complexity index is 767. The highest BCUT2D eigenvalue weighted by Crippen LogP contribution is 2.41. The summed E-state index contributed by atoms with van der Waals surface area (Å²) in [7, 11) is 1.26. The van der Waals surface area contributed by atoms with Crippen molar-refractivity contribution in [3.05, 3.63) is 46.0 Å². The van der Waals surface area contributed by atoms with Crippen LogP contribution in [0, 0.1) is 24.2 Å². The number of amides is 1. The van der Waals surface area contributed by atoms with Crippen molar-refractivity contribution in [3.8, 4) is 6.07 Å². The van der Waals surface area contributed by atoms with Crippen LogP contribution in [-0.2, 0) is 14.3 Å². The average Bonchev–Trinajstić information content (AvgIpc) is 2.67. The molecule has 0 bridgehead atoms. The third-order valence-corrected chi connectivity index (χ3v) is 5.85. The molecule has 0 aliphatic carbocycles. The van der Waals surface area contributed by atoms with E-state index in [1.165, 1.54) is 25.3 Å². The van der Waals surface area contributed by atoms with E-state index in [2.05, 4.69) is 18.3 Å². The quantitative estimate of drug-likeness (QED) is 0.414. The maximum atomic E-state index is 12.7. The summed E-state index contributed by atoms with van der Waals surface area (Å²) >= 11 is 1.48. The van der Waals surface area contributed by atoms with Gasteiger partial charge in [-0.3, -0.25) is 9.59 Å². The highest BCUT2D eigenvalue weighted by molar-refractivity contribution is 8.03. The van der Waals surface area contributed by atoms with Gasteiger partial charge in [0.15, 0.2) is 0 Å². The molecule has 1 aliphatic rings. The molecule has 1 aromatic rings. The first kappa shape index (κ1) is 21.0. The average molecular weight is 387 g/mol. The summed E-state index contributed by atoms with van der Waals surface area (Å²) in [6.45, 7) is 4.08. The van der Waals surface area contributed by atoms with E-state index in [0.717, 1.165) is 36.1 Å². The molecule has 2 rings (SSSR count). The van der Waals surface area contributed by atoms with Gasteiger partial charge in [-0.2, -0.15) is 5.26 Å². The van der Waals surface area contributed by atoms with Crippen LogP contribution in [0.5, 0.6) is 0 Å². The zero-order valence-corrected chi connectivity index (χ0v) is 16.9. The van der Waals surface area contributed by atoms with Crippen LogP contribution in [0.1, 0.15) is 49.7 Å². The second-order valence-electron chi connectivity index (χ2n) is 6.59. The summed E-state index contributed by atoms with van der Waals surface area (Å²) < 4.78 is 4.87. The fraction of sp³-hybridized carbons (Fsp3) is 0.476. The molecule has 2 unspecified atom stereocenters. The zero-order chi connectivity index (χ0) is 19.8. The molecule has 0 aromatic heterocycles. The van der Waals surface area contributed by atoms with Crippen LogP contribution in [0.3, 0.4) is 0 Å². The first-order chi connectivity index (χ1) is 13.0. The lowest BCUT2D eigenvalue weighted by Crippen LogP contribution is -2.44. The number of rotatable bonds is 8. The number of aryl methyl sites for hydroxylation is 1. The van der Waals surface area contributed by atoms with E-state index in [9.17, 15) is 14.9 Å². The van der Waals surface area contributed by atoms with Gasteiger partial charge in [0.05, 0.1) is 23.8 Å². The number of nitriles is 1. The van der Waals surface area contributed by atoms with E-state index >= 15 is 0 Å². The lowest BCUT2D eigenvalue weighted by atomic mass is 9.77. The molecule has 6 heteroatoms. The van der Waals surface area contributed by atoms with Crippen molar-refractivity contribution >= 4 is 23.6 Å². The zero-order valence-electron chi connectivity index (χ0n) is 16.1. The van der Waals surface area contributed by atoms with E-state index in [-0.39, 0.29) is 0 Å². The molecule has 1 aromatic carbocycles. The number of hydrogen-bond acceptors (Lipinski definition) is 5. The van der Waals surface area contributed by atoms with Crippen LogP contribution in [-0.4, -0.2) is 24.7 Å². The number of methoxy groups -OCH3 is 1. The second kappa shape index (κ2) is 10.2. The molecule has 27 heavy (non-hydrogen) atoms. The predicted octanol–water partition coefficient (Wildman–Crippen LogP) is 4.05. The van der Waals surface area contributed by atoms with Gasteiger partial charge >= 0.3 is 5.97 Å². The van der Waals surface area contributed by atoms with Crippen LogP contribution >= 0.6 is 11.8 Å². The number of carbonyl (C=O) groups is 2. The maximum Gasteiger partial charge on any atom is 0.319 e. The molecule has 0 fully saturated rings. The first-order valence-corrected chi connectivity index (χ1v) is 10.2. The smallest absolute Gasteiger partial charge is 0.319 e. The molecule has 1 heterocycles. The van der Waals surface area contributed by atoms with Crippen molar-refractivity contribution in [3.63, 3.8) is 0 Å². The number of carbonyl (C=O) groups excluding carboxylic acids is 2. The number of thioether (sulfide) groups is 1. The van der Waals surface area contributed by atoms with Gasteiger partial charge in [-0.15, -0.1) is 11.8 Å². The molecule has 0 spiro atoms. The van der Waals surface area contributed by atoms with Gasteiger partial charge in [0.1, 0.15) is 5.92 Å². The Labute approximate surface area is 165 Å². The van der Waals surface area contributed by atoms with Crippen molar-refractivity contribution in [2.24, 2.45) is 5.92 Å². The monoisotopic (exact) mass is 386 g/mol. The van der Waals surface area contributed by atoms with Crippen molar-refractivity contribution in [2.45, 2.75) is 45.4 Å². The van der Waals surface area contributed by atoms with Gasteiger partial charge in [-0.05, 0) is 30.2 Å². The maximum absolute atomic E-state index is 12.7. The van der Waals surface area contributed by atoms with Gasteiger partial charge in [0, 0.05) is 5.92 Å². The number of nitrogens with zero attached hydrogens (tertiary/aromatic N) is 1. The topological polar surface area (TPSA) is 79.2 Å². The number of nitrogens with one attached hydrogen (secondary N) is 1. The lowest BCUT2D eigenvalue weighted by Gasteiger charge is -2.31. The third kappa shape index (κ3) is 4.92. The Balaban J connectivity index is 2.41. The van der Waals surface area contributed by atoms with Gasteiger partial charge in [0.2, 0.25) is 5.91 Å². The summed E-state index contributed by atoms with van der Waals surface area (Å²) in [6.07, 6.45) is 4.47. The minimum Gasteiger partial charge on any atom is -0.468 e. The standard InChI is InChI=1S/C21H26N2O3S/c1-4-5-6-9-12-27-20-16(13-22)17(15-11-8-7-10-14(15)2)18(19(24)23-20)21(25)26-3/h7-8,10-11,17-18H,4-6,9,12H2,1-3H3,(H,23,24). The van der Waals surface area contributed by atoms with E-state index in [1.54, 1.807) is 0 Å². The molecule has 0 radical (unpaired) electrons. The van der Waals surface area contributed by atoms with E-state index in [4.69, 9.17) is 4.74 Å². The molecule has 1 N–H and O–H groups in total. The van der Waals surface area contributed by atoms with Gasteiger partial charge in [-0.25, -0.2) is 0 Å². The van der Waals surface area contributed by atoms with Crippen LogP contribution in [0.4, 0.5) is 0 Å². The van der Waals surface area contributed by atoms with Crippen LogP contribution in [0.15, 0.2) is 34.9 Å². The van der Waals surface area contributed by atoms with Gasteiger partial charge in [0.25, 0.3) is 0 Å². The van der Waals surface area contributed by atoms with Gasteiger partial charge in [-0.1, -0.05) is 50.5 Å². The molecule has 2 atom stereocenters. The van der Waals surface area contributed by atoms with Crippen LogP contribution in [0.2, 0.25) is 0 Å². The fourth-order valence-electron chi connectivity index (χ4n) is 3.29. The van der Waals surface area contributed by atoms with Crippen LogP contribution in [0.25, 0.3) is 0 Å². The fourth-order valence-corrected chi connectivity index (χ4v) is 4.35. The summed E-state index contributed by atoms with van der Waals surface area (Å²) in [5.41, 5.74) is 2.18. The number of allylic oxidation sites excluding steroid dienone is 1. The Kier molecular flexibility index (Phi) is 7.93. The molecular weight excluding hydrogens is 360 g/mol. The SMILES string of the molecule is CCCCCCSC1=C(C#N)C(c2ccccc2C)C(C(=O)OC)C(=O)N1. The van der Waals surface area contributed by atoms with Gasteiger partial charge < -0.3 is 10.1 Å². The Morgan fingerprint density at radius 2 is 2.04 bits per heavy atom. The summed E-state index contributed by atoms with van der Waals surface area (Å²) in [5.74, 6) is -1.90. The van der Waals surface area contributed by atoms with Crippen molar-refractivity contribution in [1.82, 2.24) is 5.32 Å². The number of esters is 1. The molecule has 0 saturated heterocycles. The number of benzene rings is 1. The molecule has 0 saturated carbocycles. The van der Waals surface area contributed by atoms with E-state index in [0.29, 0.717) is 10.6 Å². The van der Waals surface area contributed by atoms with Crippen molar-refractivity contribution in [1.29, 1.82) is 5.26 Å². The summed E-state index contributed by atoms with van der Waals surface area (Å²) in [6, 6.07) is 9.79. The van der Waals surface area contributed by atoms with E-state index < -0.39 is 23.7 Å². The summed E-state index contributed by atoms with van der Waals surface area (Å²) in [4.78, 5) is 25.1. The highest BCUT2D eigenvalue weighted by Gasteiger charge is 2.44. The minimum absolute atomic E-state index is 0.412. The normalized spacial score (nSPS) is 19.4. The van der Waals surface area contributed by atoms with Crippen LogP contribution < -0.4 is 5.32 Å². The second-order valence-corrected chi connectivity index (χ2v) is 7.69. The number of unbranched alkanes of at least 4 members (excludes halogenated alkanes) is 3. The van der Waals surface area contributed by atoms with Crippen molar-refractivity contribution in [2.75, 3.05) is 12.9 Å². The van der Waals surface area contributed by atoms with E-state index in [1.807, 2.05) is 31.2 Å². The highest BCUT2D eigenvalue weighted by atomic mass is 32.2. The number of hydrogen-bond donors (Lipinski definition) is 1. The molecule has 5 nitrogen and oxygen atoms in total. The molecule has 1 amide bonds. The first-order valence-electron chi connectivity index (χ1n) is 9.26. The largest absolute Gasteiger partial charge is 0.468 e.